The van der Waals surface area contributed by atoms with Crippen LogP contribution < -0.4 is 10.6 Å². The van der Waals surface area contributed by atoms with Crippen molar-refractivity contribution in [2.75, 3.05) is 19.6 Å². The van der Waals surface area contributed by atoms with Crippen LogP contribution >= 0.6 is 0 Å². The maximum Gasteiger partial charge on any atom is 0.220 e. The van der Waals surface area contributed by atoms with Gasteiger partial charge in [0.25, 0.3) is 0 Å². The van der Waals surface area contributed by atoms with E-state index in [1.54, 1.807) is 12.1 Å². The highest BCUT2D eigenvalue weighted by Gasteiger charge is 2.15. The van der Waals surface area contributed by atoms with E-state index in [2.05, 4.69) is 10.6 Å². The standard InChI is InChI=1S/C17H25FN2O/c1-13(15-3-5-16(18)6-4-15)12-20-17(21)7-2-14-8-10-19-11-9-14/h3-6,13-14,19H,2,7-12H2,1H3,(H,20,21). The Morgan fingerprint density at radius 2 is 2.00 bits per heavy atom. The summed E-state index contributed by atoms with van der Waals surface area (Å²) in [6.07, 6.45) is 3.96. The fourth-order valence-corrected chi connectivity index (χ4v) is 2.77. The molecular formula is C17H25FN2O. The lowest BCUT2D eigenvalue weighted by atomic mass is 9.93. The van der Waals surface area contributed by atoms with Crippen molar-refractivity contribution in [2.24, 2.45) is 5.92 Å². The summed E-state index contributed by atoms with van der Waals surface area (Å²) in [6, 6.07) is 6.48. The van der Waals surface area contributed by atoms with E-state index in [0.29, 0.717) is 18.9 Å². The van der Waals surface area contributed by atoms with Gasteiger partial charge in [0.1, 0.15) is 5.82 Å². The highest BCUT2D eigenvalue weighted by Crippen LogP contribution is 2.18. The van der Waals surface area contributed by atoms with Gasteiger partial charge in [0.15, 0.2) is 0 Å². The zero-order chi connectivity index (χ0) is 15.1. The van der Waals surface area contributed by atoms with Crippen LogP contribution in [0.5, 0.6) is 0 Å². The summed E-state index contributed by atoms with van der Waals surface area (Å²) in [4.78, 5) is 11.9. The van der Waals surface area contributed by atoms with Crippen molar-refractivity contribution in [1.29, 1.82) is 0 Å². The fourth-order valence-electron chi connectivity index (χ4n) is 2.77. The van der Waals surface area contributed by atoms with Crippen molar-refractivity contribution >= 4 is 5.91 Å². The van der Waals surface area contributed by atoms with Crippen molar-refractivity contribution in [3.63, 3.8) is 0 Å². The summed E-state index contributed by atoms with van der Waals surface area (Å²) in [5, 5.41) is 6.32. The van der Waals surface area contributed by atoms with Gasteiger partial charge in [-0.1, -0.05) is 19.1 Å². The van der Waals surface area contributed by atoms with Crippen LogP contribution in [0, 0.1) is 11.7 Å². The van der Waals surface area contributed by atoms with Gasteiger partial charge in [0.2, 0.25) is 5.91 Å². The van der Waals surface area contributed by atoms with Gasteiger partial charge in [0, 0.05) is 13.0 Å². The quantitative estimate of drug-likeness (QED) is 0.846. The first kappa shape index (κ1) is 16.0. The molecule has 0 aliphatic carbocycles. The minimum absolute atomic E-state index is 0.127. The van der Waals surface area contributed by atoms with E-state index < -0.39 is 0 Å². The van der Waals surface area contributed by atoms with Crippen molar-refractivity contribution < 1.29 is 9.18 Å². The molecule has 1 fully saturated rings. The van der Waals surface area contributed by atoms with Gasteiger partial charge in [-0.3, -0.25) is 4.79 Å². The lowest BCUT2D eigenvalue weighted by Crippen LogP contribution is -2.30. The molecule has 2 N–H and O–H groups in total. The Balaban J connectivity index is 1.67. The molecule has 0 bridgehead atoms. The molecule has 0 radical (unpaired) electrons. The number of rotatable bonds is 6. The minimum Gasteiger partial charge on any atom is -0.356 e. The molecule has 21 heavy (non-hydrogen) atoms. The normalized spacial score (nSPS) is 17.4. The first-order valence-electron chi connectivity index (χ1n) is 7.88. The van der Waals surface area contributed by atoms with E-state index in [-0.39, 0.29) is 17.6 Å². The molecule has 1 aromatic rings. The highest BCUT2D eigenvalue weighted by molar-refractivity contribution is 5.75. The van der Waals surface area contributed by atoms with E-state index in [1.807, 2.05) is 6.92 Å². The predicted molar refractivity (Wildman–Crippen MR) is 82.7 cm³/mol. The molecule has 1 unspecified atom stereocenters. The van der Waals surface area contributed by atoms with Crippen LogP contribution in [0.4, 0.5) is 4.39 Å². The Morgan fingerprint density at radius 3 is 2.67 bits per heavy atom. The number of benzene rings is 1. The van der Waals surface area contributed by atoms with Gasteiger partial charge in [-0.2, -0.15) is 0 Å². The first-order chi connectivity index (χ1) is 10.1. The van der Waals surface area contributed by atoms with Crippen LogP contribution in [0.25, 0.3) is 0 Å². The molecule has 3 nitrogen and oxygen atoms in total. The lowest BCUT2D eigenvalue weighted by Gasteiger charge is -2.22. The van der Waals surface area contributed by atoms with Crippen LogP contribution in [0.2, 0.25) is 0 Å². The van der Waals surface area contributed by atoms with Crippen LogP contribution in [0.3, 0.4) is 0 Å². The molecule has 1 amide bonds. The lowest BCUT2D eigenvalue weighted by molar-refractivity contribution is -0.121. The van der Waals surface area contributed by atoms with Gasteiger partial charge in [-0.05, 0) is 61.9 Å². The Kier molecular flexibility index (Phi) is 6.18. The Morgan fingerprint density at radius 1 is 1.33 bits per heavy atom. The molecule has 2 rings (SSSR count). The van der Waals surface area contributed by atoms with E-state index in [1.165, 1.54) is 25.0 Å². The molecule has 0 spiro atoms. The zero-order valence-electron chi connectivity index (χ0n) is 12.7. The average molecular weight is 292 g/mol. The number of nitrogens with one attached hydrogen (secondary N) is 2. The second-order valence-electron chi connectivity index (χ2n) is 5.99. The van der Waals surface area contributed by atoms with E-state index in [0.717, 1.165) is 25.1 Å². The third-order valence-corrected chi connectivity index (χ3v) is 4.28. The number of hydrogen-bond acceptors (Lipinski definition) is 2. The zero-order valence-corrected chi connectivity index (χ0v) is 12.7. The van der Waals surface area contributed by atoms with E-state index in [9.17, 15) is 9.18 Å². The second-order valence-corrected chi connectivity index (χ2v) is 5.99. The summed E-state index contributed by atoms with van der Waals surface area (Å²) in [7, 11) is 0. The largest absolute Gasteiger partial charge is 0.356 e. The monoisotopic (exact) mass is 292 g/mol. The highest BCUT2D eigenvalue weighted by atomic mass is 19.1. The number of carbonyl (C=O) groups excluding carboxylic acids is 1. The summed E-state index contributed by atoms with van der Waals surface area (Å²) in [5.41, 5.74) is 1.05. The molecule has 0 saturated carbocycles. The summed E-state index contributed by atoms with van der Waals surface area (Å²) < 4.78 is 12.9. The molecule has 116 valence electrons. The minimum atomic E-state index is -0.225. The number of piperidine rings is 1. The van der Waals surface area contributed by atoms with Crippen molar-refractivity contribution in [2.45, 2.75) is 38.5 Å². The fraction of sp³-hybridized carbons (Fsp3) is 0.588. The summed E-state index contributed by atoms with van der Waals surface area (Å²) in [6.45, 7) is 4.80. The van der Waals surface area contributed by atoms with Gasteiger partial charge in [0.05, 0.1) is 0 Å². The van der Waals surface area contributed by atoms with Crippen LogP contribution in [0.15, 0.2) is 24.3 Å². The maximum absolute atomic E-state index is 12.9. The molecule has 1 heterocycles. The first-order valence-corrected chi connectivity index (χ1v) is 7.88. The molecule has 1 aliphatic heterocycles. The van der Waals surface area contributed by atoms with Crippen molar-refractivity contribution in [3.8, 4) is 0 Å². The molecule has 0 aromatic heterocycles. The topological polar surface area (TPSA) is 41.1 Å². The Labute approximate surface area is 126 Å². The van der Waals surface area contributed by atoms with Gasteiger partial charge < -0.3 is 10.6 Å². The average Bonchev–Trinajstić information content (AvgIpc) is 2.52. The van der Waals surface area contributed by atoms with E-state index >= 15 is 0 Å². The van der Waals surface area contributed by atoms with Gasteiger partial charge in [-0.15, -0.1) is 0 Å². The smallest absolute Gasteiger partial charge is 0.220 e. The number of amides is 1. The van der Waals surface area contributed by atoms with E-state index in [4.69, 9.17) is 0 Å². The second kappa shape index (κ2) is 8.13. The number of halogens is 1. The third-order valence-electron chi connectivity index (χ3n) is 4.28. The molecular weight excluding hydrogens is 267 g/mol. The maximum atomic E-state index is 12.9. The molecule has 1 aliphatic rings. The van der Waals surface area contributed by atoms with Crippen LogP contribution in [-0.4, -0.2) is 25.5 Å². The molecule has 1 atom stereocenters. The number of hydrogen-bond donors (Lipinski definition) is 2. The SMILES string of the molecule is CC(CNC(=O)CCC1CCNCC1)c1ccc(F)cc1. The molecule has 4 heteroatoms. The summed E-state index contributed by atoms with van der Waals surface area (Å²) in [5.74, 6) is 0.791. The van der Waals surface area contributed by atoms with Crippen molar-refractivity contribution in [1.82, 2.24) is 10.6 Å². The summed E-state index contributed by atoms with van der Waals surface area (Å²) >= 11 is 0. The predicted octanol–water partition coefficient (Wildman–Crippen LogP) is 2.83. The van der Waals surface area contributed by atoms with Crippen LogP contribution in [0.1, 0.15) is 44.1 Å². The van der Waals surface area contributed by atoms with Crippen molar-refractivity contribution in [3.05, 3.63) is 35.6 Å². The van der Waals surface area contributed by atoms with Gasteiger partial charge >= 0.3 is 0 Å². The van der Waals surface area contributed by atoms with Gasteiger partial charge in [-0.25, -0.2) is 4.39 Å². The third kappa shape index (κ3) is 5.46. The number of carbonyl (C=O) groups is 1. The molecule has 1 aromatic carbocycles. The van der Waals surface area contributed by atoms with Crippen LogP contribution in [-0.2, 0) is 4.79 Å². The Hall–Kier alpha value is -1.42. The molecule has 1 saturated heterocycles. The Bertz CT molecular complexity index is 441.